The van der Waals surface area contributed by atoms with Gasteiger partial charge < -0.3 is 15.0 Å². The summed E-state index contributed by atoms with van der Waals surface area (Å²) in [4.78, 5) is 19.0. The number of amides is 1. The summed E-state index contributed by atoms with van der Waals surface area (Å²) in [5.74, 6) is -0.330. The van der Waals surface area contributed by atoms with Gasteiger partial charge in [-0.15, -0.1) is 13.2 Å². The van der Waals surface area contributed by atoms with E-state index in [0.29, 0.717) is 18.5 Å². The number of pyridine rings is 1. The summed E-state index contributed by atoms with van der Waals surface area (Å²) in [5.41, 5.74) is 0.574. The minimum absolute atomic E-state index is 0.0803. The number of nitrogens with one attached hydrogen (secondary N) is 1. The second-order valence-electron chi connectivity index (χ2n) is 8.29. The Morgan fingerprint density at radius 3 is 2.38 bits per heavy atom. The smallest absolute Gasteiger partial charge is 0.406 e. The molecule has 12 heteroatoms. The molecule has 1 N–H and O–H groups in total. The molecule has 0 saturated carbocycles. The predicted molar refractivity (Wildman–Crippen MR) is 119 cm³/mol. The minimum Gasteiger partial charge on any atom is -0.406 e. The minimum atomic E-state index is -4.92. The Morgan fingerprint density at radius 2 is 1.76 bits per heavy atom. The summed E-state index contributed by atoms with van der Waals surface area (Å²) >= 11 is 0. The lowest BCUT2D eigenvalue weighted by Crippen LogP contribution is -2.41. The van der Waals surface area contributed by atoms with Crippen LogP contribution in [0.2, 0.25) is 0 Å². The molecule has 1 aromatic carbocycles. The first-order valence-corrected chi connectivity index (χ1v) is 12.4. The molecule has 0 bridgehead atoms. The van der Waals surface area contributed by atoms with Crippen LogP contribution in [-0.4, -0.2) is 56.2 Å². The number of hydrogen-bond donors (Lipinski definition) is 1. The predicted octanol–water partition coefficient (Wildman–Crippen LogP) is 3.62. The van der Waals surface area contributed by atoms with Crippen molar-refractivity contribution in [3.05, 3.63) is 42.6 Å². The fourth-order valence-electron chi connectivity index (χ4n) is 4.18. The molecule has 1 aromatic heterocycles. The first kappa shape index (κ1) is 24.3. The van der Waals surface area contributed by atoms with Crippen LogP contribution in [0.4, 0.5) is 24.7 Å². The molecule has 8 nitrogen and oxygen atoms in total. The van der Waals surface area contributed by atoms with Crippen LogP contribution < -0.4 is 15.0 Å². The molecule has 0 radical (unpaired) electrons. The standard InChI is InChI=1S/C22H25F3N4O4S/c23-22(24,25)33-18-4-3-5-19(14-18)34(31,32)29-12-8-16(9-13-29)21(30)27-17-6-7-20(26-15-17)28-10-1-2-11-28/h3-7,14-16H,1-2,8-13H2,(H,27,30). The van der Waals surface area contributed by atoms with Gasteiger partial charge in [-0.05, 0) is 49.9 Å². The highest BCUT2D eigenvalue weighted by molar-refractivity contribution is 7.89. The third-order valence-corrected chi connectivity index (χ3v) is 7.84. The lowest BCUT2D eigenvalue weighted by atomic mass is 9.97. The molecular weight excluding hydrogens is 473 g/mol. The van der Waals surface area contributed by atoms with Gasteiger partial charge in [-0.1, -0.05) is 6.07 Å². The Bertz CT molecular complexity index is 1110. The van der Waals surface area contributed by atoms with Crippen LogP contribution in [0.15, 0.2) is 47.5 Å². The second kappa shape index (κ2) is 9.79. The number of benzene rings is 1. The first-order valence-electron chi connectivity index (χ1n) is 11.0. The van der Waals surface area contributed by atoms with Crippen molar-refractivity contribution in [3.63, 3.8) is 0 Å². The third kappa shape index (κ3) is 5.79. The fraction of sp³-hybridized carbons (Fsp3) is 0.455. The van der Waals surface area contributed by atoms with E-state index in [0.717, 1.165) is 43.9 Å². The van der Waals surface area contributed by atoms with Gasteiger partial charge in [0.05, 0.1) is 16.8 Å². The van der Waals surface area contributed by atoms with Crippen LogP contribution in [0.25, 0.3) is 0 Å². The Balaban J connectivity index is 1.33. The maximum Gasteiger partial charge on any atom is 0.573 e. The van der Waals surface area contributed by atoms with Crippen molar-refractivity contribution in [2.45, 2.75) is 36.9 Å². The number of ether oxygens (including phenoxy) is 1. The van der Waals surface area contributed by atoms with Gasteiger partial charge in [0.1, 0.15) is 11.6 Å². The van der Waals surface area contributed by atoms with Crippen molar-refractivity contribution in [2.24, 2.45) is 5.92 Å². The molecule has 2 aliphatic rings. The van der Waals surface area contributed by atoms with Gasteiger partial charge in [0.2, 0.25) is 15.9 Å². The molecule has 0 unspecified atom stereocenters. The number of hydrogen-bond acceptors (Lipinski definition) is 6. The van der Waals surface area contributed by atoms with Crippen molar-refractivity contribution in [3.8, 4) is 5.75 Å². The van der Waals surface area contributed by atoms with E-state index >= 15 is 0 Å². The molecule has 4 rings (SSSR count). The van der Waals surface area contributed by atoms with Crippen molar-refractivity contribution in [2.75, 3.05) is 36.4 Å². The molecule has 0 atom stereocenters. The fourth-order valence-corrected chi connectivity index (χ4v) is 5.68. The Kier molecular flexibility index (Phi) is 6.99. The molecule has 2 aliphatic heterocycles. The monoisotopic (exact) mass is 498 g/mol. The lowest BCUT2D eigenvalue weighted by molar-refractivity contribution is -0.274. The Morgan fingerprint density at radius 1 is 1.06 bits per heavy atom. The van der Waals surface area contributed by atoms with E-state index in [1.165, 1.54) is 16.4 Å². The molecule has 2 saturated heterocycles. The van der Waals surface area contributed by atoms with E-state index < -0.39 is 22.1 Å². The molecule has 0 aliphatic carbocycles. The number of carbonyl (C=O) groups excluding carboxylic acids is 1. The highest BCUT2D eigenvalue weighted by Crippen LogP contribution is 2.29. The zero-order valence-electron chi connectivity index (χ0n) is 18.3. The van der Waals surface area contributed by atoms with Gasteiger partial charge in [0.15, 0.2) is 0 Å². The maximum atomic E-state index is 12.9. The van der Waals surface area contributed by atoms with Gasteiger partial charge in [-0.2, -0.15) is 4.31 Å². The van der Waals surface area contributed by atoms with E-state index in [1.54, 1.807) is 12.3 Å². The van der Waals surface area contributed by atoms with Crippen LogP contribution >= 0.6 is 0 Å². The number of halogens is 3. The zero-order valence-corrected chi connectivity index (χ0v) is 19.1. The van der Waals surface area contributed by atoms with Crippen LogP contribution in [-0.2, 0) is 14.8 Å². The molecule has 2 aromatic rings. The van der Waals surface area contributed by atoms with Crippen molar-refractivity contribution >= 4 is 27.4 Å². The van der Waals surface area contributed by atoms with Crippen molar-refractivity contribution in [1.82, 2.24) is 9.29 Å². The van der Waals surface area contributed by atoms with E-state index in [9.17, 15) is 26.4 Å². The molecule has 184 valence electrons. The van der Waals surface area contributed by atoms with E-state index in [-0.39, 0.29) is 29.8 Å². The number of alkyl halides is 3. The van der Waals surface area contributed by atoms with E-state index in [4.69, 9.17) is 0 Å². The zero-order chi connectivity index (χ0) is 24.3. The van der Waals surface area contributed by atoms with Crippen LogP contribution in [0.5, 0.6) is 5.75 Å². The topological polar surface area (TPSA) is 91.8 Å². The van der Waals surface area contributed by atoms with Crippen LogP contribution in [0, 0.1) is 5.92 Å². The largest absolute Gasteiger partial charge is 0.573 e. The van der Waals surface area contributed by atoms with E-state index in [1.807, 2.05) is 6.07 Å². The van der Waals surface area contributed by atoms with Gasteiger partial charge in [0, 0.05) is 38.2 Å². The van der Waals surface area contributed by atoms with E-state index in [2.05, 4.69) is 19.9 Å². The van der Waals surface area contributed by atoms with Gasteiger partial charge >= 0.3 is 6.36 Å². The van der Waals surface area contributed by atoms with Gasteiger partial charge in [0.25, 0.3) is 0 Å². The summed E-state index contributed by atoms with van der Waals surface area (Å²) in [6.07, 6.45) is -0.436. The molecule has 1 amide bonds. The SMILES string of the molecule is O=C(Nc1ccc(N2CCCC2)nc1)C1CCN(S(=O)(=O)c2cccc(OC(F)(F)F)c2)CC1. The van der Waals surface area contributed by atoms with Crippen LogP contribution in [0.1, 0.15) is 25.7 Å². The van der Waals surface area contributed by atoms with Crippen LogP contribution in [0.3, 0.4) is 0 Å². The summed E-state index contributed by atoms with van der Waals surface area (Å²) in [6, 6.07) is 7.96. The number of piperidine rings is 1. The van der Waals surface area contributed by atoms with Gasteiger partial charge in [-0.25, -0.2) is 13.4 Å². The third-order valence-electron chi connectivity index (χ3n) is 5.95. The summed E-state index contributed by atoms with van der Waals surface area (Å²) in [6.45, 7) is 2.10. The average Bonchev–Trinajstić information content (AvgIpc) is 3.34. The van der Waals surface area contributed by atoms with Crippen molar-refractivity contribution < 1.29 is 31.1 Å². The molecule has 3 heterocycles. The Hall–Kier alpha value is -2.86. The summed E-state index contributed by atoms with van der Waals surface area (Å²) < 4.78 is 68.2. The average molecular weight is 499 g/mol. The quantitative estimate of drug-likeness (QED) is 0.654. The molecule has 0 spiro atoms. The summed E-state index contributed by atoms with van der Waals surface area (Å²) in [7, 11) is -4.02. The van der Waals surface area contributed by atoms with Crippen molar-refractivity contribution in [1.29, 1.82) is 0 Å². The molecule has 34 heavy (non-hydrogen) atoms. The highest BCUT2D eigenvalue weighted by atomic mass is 32.2. The number of nitrogens with zero attached hydrogens (tertiary/aromatic N) is 3. The second-order valence-corrected chi connectivity index (χ2v) is 10.2. The number of carbonyl (C=O) groups is 1. The first-order chi connectivity index (χ1) is 16.1. The number of rotatable bonds is 6. The lowest BCUT2D eigenvalue weighted by Gasteiger charge is -2.30. The molecular formula is C22H25F3N4O4S. The highest BCUT2D eigenvalue weighted by Gasteiger charge is 2.34. The number of aromatic nitrogens is 1. The summed E-state index contributed by atoms with van der Waals surface area (Å²) in [5, 5.41) is 2.83. The van der Waals surface area contributed by atoms with Gasteiger partial charge in [-0.3, -0.25) is 4.79 Å². The Labute approximate surface area is 195 Å². The maximum absolute atomic E-state index is 12.9. The normalized spacial score (nSPS) is 18.1. The molecule has 2 fully saturated rings. The number of anilines is 2. The number of sulfonamides is 1.